The Kier molecular flexibility index (Phi) is 9.26. The van der Waals surface area contributed by atoms with Crippen molar-refractivity contribution in [2.75, 3.05) is 31.6 Å². The number of benzene rings is 1. The van der Waals surface area contributed by atoms with Crippen LogP contribution in [0.5, 0.6) is 5.75 Å². The molecule has 1 aliphatic rings. The average Bonchev–Trinajstić information content (AvgIpc) is 2.69. The highest BCUT2D eigenvalue weighted by Crippen LogP contribution is 2.23. The quantitative estimate of drug-likeness (QED) is 0.586. The van der Waals surface area contributed by atoms with Gasteiger partial charge in [-0.1, -0.05) is 26.2 Å². The third kappa shape index (κ3) is 6.78. The molecule has 1 aromatic carbocycles. The van der Waals surface area contributed by atoms with Crippen molar-refractivity contribution in [1.29, 1.82) is 0 Å². The monoisotopic (exact) mass is 390 g/mol. The first-order chi connectivity index (χ1) is 13.5. The minimum atomic E-state index is -0.787. The highest BCUT2D eigenvalue weighted by molar-refractivity contribution is 5.97. The van der Waals surface area contributed by atoms with Crippen molar-refractivity contribution < 1.29 is 14.3 Å². The van der Waals surface area contributed by atoms with Gasteiger partial charge in [-0.05, 0) is 70.8 Å². The van der Waals surface area contributed by atoms with Crippen molar-refractivity contribution in [3.05, 3.63) is 24.3 Å². The SMILES string of the molecule is CCCC[C@@](C)(OCC)C(=O)Nc1ccc(OCCN2CCCC[C@H]2C)cc1. The van der Waals surface area contributed by atoms with Gasteiger partial charge in [0.2, 0.25) is 0 Å². The second kappa shape index (κ2) is 11.4. The molecule has 0 aliphatic carbocycles. The third-order valence-electron chi connectivity index (χ3n) is 5.65. The molecule has 158 valence electrons. The average molecular weight is 391 g/mol. The molecule has 0 spiro atoms. The van der Waals surface area contributed by atoms with Crippen LogP contribution in [0.4, 0.5) is 5.69 Å². The van der Waals surface area contributed by atoms with Gasteiger partial charge in [0.1, 0.15) is 18.0 Å². The predicted molar refractivity (Wildman–Crippen MR) is 115 cm³/mol. The molecular formula is C23H38N2O3. The van der Waals surface area contributed by atoms with Crippen molar-refractivity contribution >= 4 is 11.6 Å². The lowest BCUT2D eigenvalue weighted by Gasteiger charge is -2.33. The summed E-state index contributed by atoms with van der Waals surface area (Å²) in [6, 6.07) is 8.27. The molecule has 0 radical (unpaired) electrons. The zero-order valence-electron chi connectivity index (χ0n) is 18.1. The van der Waals surface area contributed by atoms with Crippen molar-refractivity contribution in [2.24, 2.45) is 0 Å². The van der Waals surface area contributed by atoms with E-state index in [2.05, 4.69) is 24.1 Å². The number of rotatable bonds is 11. The van der Waals surface area contributed by atoms with Gasteiger partial charge in [-0.25, -0.2) is 0 Å². The van der Waals surface area contributed by atoms with Gasteiger partial charge in [0.25, 0.3) is 5.91 Å². The van der Waals surface area contributed by atoms with Gasteiger partial charge in [0.05, 0.1) is 0 Å². The Bertz CT molecular complexity index is 590. The van der Waals surface area contributed by atoms with E-state index in [4.69, 9.17) is 9.47 Å². The summed E-state index contributed by atoms with van der Waals surface area (Å²) in [4.78, 5) is 15.2. The molecule has 2 rings (SSSR count). The Balaban J connectivity index is 1.83. The molecule has 5 heteroatoms. The highest BCUT2D eigenvalue weighted by Gasteiger charge is 2.33. The lowest BCUT2D eigenvalue weighted by Crippen LogP contribution is -2.42. The van der Waals surface area contributed by atoms with Crippen molar-refractivity contribution in [3.8, 4) is 5.75 Å². The fourth-order valence-corrected chi connectivity index (χ4v) is 3.75. The summed E-state index contributed by atoms with van der Waals surface area (Å²) >= 11 is 0. The highest BCUT2D eigenvalue weighted by atomic mass is 16.5. The number of nitrogens with zero attached hydrogens (tertiary/aromatic N) is 1. The maximum atomic E-state index is 12.7. The molecule has 1 aliphatic heterocycles. The molecule has 5 nitrogen and oxygen atoms in total. The molecule has 1 fully saturated rings. The topological polar surface area (TPSA) is 50.8 Å². The molecule has 0 aromatic heterocycles. The number of piperidine rings is 1. The Labute approximate surface area is 170 Å². The van der Waals surface area contributed by atoms with Gasteiger partial charge >= 0.3 is 0 Å². The van der Waals surface area contributed by atoms with Crippen LogP contribution < -0.4 is 10.1 Å². The minimum absolute atomic E-state index is 0.0874. The largest absolute Gasteiger partial charge is 0.492 e. The maximum absolute atomic E-state index is 12.7. The van der Waals surface area contributed by atoms with Crippen LogP contribution in [-0.2, 0) is 9.53 Å². The number of carbonyl (C=O) groups is 1. The fraction of sp³-hybridized carbons (Fsp3) is 0.696. The molecule has 1 amide bonds. The van der Waals surface area contributed by atoms with E-state index in [1.807, 2.05) is 38.1 Å². The zero-order chi connectivity index (χ0) is 20.4. The predicted octanol–water partition coefficient (Wildman–Crippen LogP) is 4.86. The standard InChI is InChI=1S/C23H38N2O3/c1-5-7-15-23(4,28-6-2)22(26)24-20-11-13-21(14-12-20)27-18-17-25-16-9-8-10-19(25)3/h11-14,19H,5-10,15-18H2,1-4H3,(H,24,26)/t19-,23-/m1/s1. The van der Waals surface area contributed by atoms with E-state index < -0.39 is 5.60 Å². The number of hydrogen-bond acceptors (Lipinski definition) is 4. The number of amides is 1. The molecule has 0 bridgehead atoms. The van der Waals surface area contributed by atoms with Gasteiger partial charge in [-0.2, -0.15) is 0 Å². The van der Waals surface area contributed by atoms with Crippen LogP contribution in [0.2, 0.25) is 0 Å². The Morgan fingerprint density at radius 1 is 1.25 bits per heavy atom. The van der Waals surface area contributed by atoms with Crippen LogP contribution in [-0.4, -0.2) is 48.8 Å². The summed E-state index contributed by atoms with van der Waals surface area (Å²) in [6.45, 7) is 11.6. The van der Waals surface area contributed by atoms with Gasteiger partial charge < -0.3 is 14.8 Å². The summed E-state index contributed by atoms with van der Waals surface area (Å²) in [6.07, 6.45) is 6.64. The van der Waals surface area contributed by atoms with E-state index in [9.17, 15) is 4.79 Å². The lowest BCUT2D eigenvalue weighted by molar-refractivity contribution is -0.139. The number of hydrogen-bond donors (Lipinski definition) is 1. The number of unbranched alkanes of at least 4 members (excludes halogenated alkanes) is 1. The second-order valence-electron chi connectivity index (χ2n) is 7.98. The third-order valence-corrected chi connectivity index (χ3v) is 5.65. The number of likely N-dealkylation sites (tertiary alicyclic amines) is 1. The van der Waals surface area contributed by atoms with E-state index in [0.717, 1.165) is 37.2 Å². The molecule has 0 unspecified atom stereocenters. The van der Waals surface area contributed by atoms with E-state index in [-0.39, 0.29) is 5.91 Å². The summed E-state index contributed by atoms with van der Waals surface area (Å²) in [5.74, 6) is 0.747. The first-order valence-corrected chi connectivity index (χ1v) is 10.9. The second-order valence-corrected chi connectivity index (χ2v) is 7.98. The van der Waals surface area contributed by atoms with E-state index in [1.54, 1.807) is 0 Å². The van der Waals surface area contributed by atoms with Crippen LogP contribution in [0.25, 0.3) is 0 Å². The molecule has 1 aromatic rings. The van der Waals surface area contributed by atoms with Gasteiger partial charge in [-0.3, -0.25) is 9.69 Å². The molecule has 2 atom stereocenters. The molecule has 1 N–H and O–H groups in total. The Hall–Kier alpha value is -1.59. The zero-order valence-corrected chi connectivity index (χ0v) is 18.1. The number of ether oxygens (including phenoxy) is 2. The van der Waals surface area contributed by atoms with Crippen molar-refractivity contribution in [1.82, 2.24) is 4.90 Å². The maximum Gasteiger partial charge on any atom is 0.256 e. The minimum Gasteiger partial charge on any atom is -0.492 e. The van der Waals surface area contributed by atoms with E-state index >= 15 is 0 Å². The smallest absolute Gasteiger partial charge is 0.256 e. The number of nitrogens with one attached hydrogen (secondary N) is 1. The summed E-state index contributed by atoms with van der Waals surface area (Å²) in [5.41, 5.74) is -0.0186. The first-order valence-electron chi connectivity index (χ1n) is 10.9. The van der Waals surface area contributed by atoms with Crippen LogP contribution in [0, 0.1) is 0 Å². The van der Waals surface area contributed by atoms with Crippen molar-refractivity contribution in [3.63, 3.8) is 0 Å². The lowest BCUT2D eigenvalue weighted by atomic mass is 9.97. The van der Waals surface area contributed by atoms with Gasteiger partial charge in [0.15, 0.2) is 0 Å². The van der Waals surface area contributed by atoms with Gasteiger partial charge in [-0.15, -0.1) is 0 Å². The Morgan fingerprint density at radius 3 is 2.64 bits per heavy atom. The van der Waals surface area contributed by atoms with Crippen molar-refractivity contribution in [2.45, 2.75) is 77.9 Å². The first kappa shape index (κ1) is 22.7. The molecule has 1 saturated heterocycles. The van der Waals surface area contributed by atoms with Crippen LogP contribution >= 0.6 is 0 Å². The summed E-state index contributed by atoms with van der Waals surface area (Å²) < 4.78 is 11.7. The van der Waals surface area contributed by atoms with Crippen LogP contribution in [0.1, 0.15) is 66.2 Å². The fourth-order valence-electron chi connectivity index (χ4n) is 3.75. The molecule has 28 heavy (non-hydrogen) atoms. The summed E-state index contributed by atoms with van der Waals surface area (Å²) in [7, 11) is 0. The van der Waals surface area contributed by atoms with E-state index in [1.165, 1.54) is 25.8 Å². The van der Waals surface area contributed by atoms with E-state index in [0.29, 0.717) is 19.3 Å². The Morgan fingerprint density at radius 2 is 2.00 bits per heavy atom. The molecule has 0 saturated carbocycles. The molecule has 1 heterocycles. The van der Waals surface area contributed by atoms with Crippen LogP contribution in [0.15, 0.2) is 24.3 Å². The number of anilines is 1. The van der Waals surface area contributed by atoms with Gasteiger partial charge in [0, 0.05) is 24.9 Å². The summed E-state index contributed by atoms with van der Waals surface area (Å²) in [5, 5.41) is 2.99. The number of carbonyl (C=O) groups excluding carboxylic acids is 1. The van der Waals surface area contributed by atoms with Crippen LogP contribution in [0.3, 0.4) is 0 Å². The normalized spacial score (nSPS) is 19.8. The molecular weight excluding hydrogens is 352 g/mol.